The Morgan fingerprint density at radius 1 is 0.333 bits per heavy atom. The lowest BCUT2D eigenvalue weighted by Gasteiger charge is -2.16. The van der Waals surface area contributed by atoms with Crippen molar-refractivity contribution in [1.29, 1.82) is 0 Å². The lowest BCUT2D eigenvalue weighted by molar-refractivity contribution is 1.33. The quantitative estimate of drug-likeness (QED) is 0.173. The molecule has 0 fully saturated rings. The molecule has 0 unspecified atom stereocenters. The molecule has 0 aliphatic heterocycles. The summed E-state index contributed by atoms with van der Waals surface area (Å²) in [7, 11) is 0. The first kappa shape index (κ1) is 29.4. The second-order valence-corrected chi connectivity index (χ2v) is 13.5. The molecule has 0 spiro atoms. The van der Waals surface area contributed by atoms with Crippen molar-refractivity contribution in [2.75, 3.05) is 0 Å². The van der Waals surface area contributed by atoms with E-state index in [9.17, 15) is 0 Å². The van der Waals surface area contributed by atoms with Gasteiger partial charge in [0.05, 0.1) is 5.69 Å². The van der Waals surface area contributed by atoms with E-state index in [2.05, 4.69) is 176 Å². The van der Waals surface area contributed by atoms with Gasteiger partial charge < -0.3 is 0 Å². The van der Waals surface area contributed by atoms with Crippen LogP contribution in [0.15, 0.2) is 182 Å². The van der Waals surface area contributed by atoms with Crippen LogP contribution in [0.25, 0.3) is 98.5 Å². The van der Waals surface area contributed by atoms with Gasteiger partial charge in [0.15, 0.2) is 0 Å². The first-order valence-corrected chi connectivity index (χ1v) is 17.6. The van der Waals surface area contributed by atoms with Crippen LogP contribution in [-0.2, 0) is 0 Å². The van der Waals surface area contributed by atoms with E-state index < -0.39 is 0 Å². The number of benzene rings is 9. The summed E-state index contributed by atoms with van der Waals surface area (Å²) in [5.41, 5.74) is 10.9. The van der Waals surface area contributed by atoms with Gasteiger partial charge in [-0.1, -0.05) is 158 Å². The zero-order valence-electron chi connectivity index (χ0n) is 28.3. The molecule has 0 saturated heterocycles. The van der Waals surface area contributed by atoms with Gasteiger partial charge in [0.25, 0.3) is 0 Å². The molecule has 1 nitrogen and oxygen atoms in total. The number of fused-ring (bicyclic) bond motifs is 7. The molecule has 0 N–H and O–H groups in total. The molecule has 0 radical (unpaired) electrons. The number of aromatic nitrogens is 1. The van der Waals surface area contributed by atoms with Crippen molar-refractivity contribution in [2.24, 2.45) is 0 Å². The largest absolute Gasteiger partial charge is 0.256 e. The van der Waals surface area contributed by atoms with Crippen LogP contribution in [0.3, 0.4) is 0 Å². The third-order valence-corrected chi connectivity index (χ3v) is 10.6. The zero-order chi connectivity index (χ0) is 33.9. The summed E-state index contributed by atoms with van der Waals surface area (Å²) in [6.07, 6.45) is 1.84. The maximum absolute atomic E-state index is 4.53. The van der Waals surface area contributed by atoms with Gasteiger partial charge in [0, 0.05) is 11.8 Å². The first-order valence-electron chi connectivity index (χ1n) is 17.6. The maximum atomic E-state index is 4.53. The molecule has 1 heteroatoms. The summed E-state index contributed by atoms with van der Waals surface area (Å²) in [5, 5.41) is 12.8. The number of hydrogen-bond acceptors (Lipinski definition) is 1. The molecule has 51 heavy (non-hydrogen) atoms. The molecule has 0 amide bonds. The third-order valence-electron chi connectivity index (χ3n) is 10.6. The molecule has 1 heterocycles. The van der Waals surface area contributed by atoms with Crippen LogP contribution < -0.4 is 0 Å². The number of pyridine rings is 1. The Morgan fingerprint density at radius 3 is 1.61 bits per heavy atom. The Labute approximate surface area is 297 Å². The number of nitrogens with zero attached hydrogens (tertiary/aromatic N) is 1. The summed E-state index contributed by atoms with van der Waals surface area (Å²) in [6, 6.07) is 64.4. The smallest absolute Gasteiger partial charge is 0.0701 e. The molecule has 238 valence electrons. The average molecular weight is 648 g/mol. The summed E-state index contributed by atoms with van der Waals surface area (Å²) < 4.78 is 0. The van der Waals surface area contributed by atoms with Gasteiger partial charge in [-0.2, -0.15) is 0 Å². The number of rotatable bonds is 4. The van der Waals surface area contributed by atoms with E-state index in [1.807, 2.05) is 18.3 Å². The Kier molecular flexibility index (Phi) is 6.79. The van der Waals surface area contributed by atoms with Gasteiger partial charge in [-0.15, -0.1) is 0 Å². The summed E-state index contributed by atoms with van der Waals surface area (Å²) in [6.45, 7) is 2.23. The molecule has 9 aromatic carbocycles. The second kappa shape index (κ2) is 11.8. The monoisotopic (exact) mass is 647 g/mol. The minimum absolute atomic E-state index is 0.987. The van der Waals surface area contributed by atoms with E-state index in [4.69, 9.17) is 0 Å². The fourth-order valence-electron chi connectivity index (χ4n) is 8.23. The van der Waals surface area contributed by atoms with E-state index in [0.29, 0.717) is 0 Å². The minimum Gasteiger partial charge on any atom is -0.256 e. The van der Waals surface area contributed by atoms with Gasteiger partial charge in [0.2, 0.25) is 0 Å². The molecular formula is C50H33N. The number of hydrogen-bond donors (Lipinski definition) is 0. The standard InChI is InChI=1S/C50H33N/c1-32-9-6-10-35-22-23-37-12-8-16-46(50(37)48(32)35)45-15-7-11-36-24-25-39-31-38(26-27-42(39)49(36)45)41-29-28-40(43-13-2-3-14-44(41)43)33-18-20-34(21-19-33)47-17-4-5-30-51-47/h2-31H,1H3. The van der Waals surface area contributed by atoms with Crippen LogP contribution in [0.1, 0.15) is 5.56 Å². The highest BCUT2D eigenvalue weighted by Gasteiger charge is 2.15. The van der Waals surface area contributed by atoms with E-state index >= 15 is 0 Å². The van der Waals surface area contributed by atoms with E-state index in [1.165, 1.54) is 92.8 Å². The number of aryl methyl sites for hydroxylation is 1. The Balaban J connectivity index is 1.12. The van der Waals surface area contributed by atoms with Crippen molar-refractivity contribution in [3.8, 4) is 44.6 Å². The summed E-state index contributed by atoms with van der Waals surface area (Å²) in [4.78, 5) is 4.53. The van der Waals surface area contributed by atoms with Crippen molar-refractivity contribution < 1.29 is 0 Å². The van der Waals surface area contributed by atoms with Crippen LogP contribution in [0, 0.1) is 6.92 Å². The van der Waals surface area contributed by atoms with Crippen molar-refractivity contribution >= 4 is 53.9 Å². The minimum atomic E-state index is 0.987. The lowest BCUT2D eigenvalue weighted by atomic mass is 9.87. The molecule has 0 atom stereocenters. The summed E-state index contributed by atoms with van der Waals surface area (Å²) >= 11 is 0. The topological polar surface area (TPSA) is 12.9 Å². The van der Waals surface area contributed by atoms with Crippen molar-refractivity contribution in [1.82, 2.24) is 4.98 Å². The highest BCUT2D eigenvalue weighted by molar-refractivity contribution is 6.22. The molecule has 10 aromatic rings. The highest BCUT2D eigenvalue weighted by atomic mass is 14.7. The highest BCUT2D eigenvalue weighted by Crippen LogP contribution is 2.42. The van der Waals surface area contributed by atoms with Gasteiger partial charge in [-0.3, -0.25) is 4.98 Å². The normalized spacial score (nSPS) is 11.6. The molecule has 10 rings (SSSR count). The van der Waals surface area contributed by atoms with E-state index in [1.54, 1.807) is 0 Å². The fraction of sp³-hybridized carbons (Fsp3) is 0.0200. The van der Waals surface area contributed by atoms with Crippen LogP contribution >= 0.6 is 0 Å². The first-order chi connectivity index (χ1) is 25.2. The third kappa shape index (κ3) is 4.81. The van der Waals surface area contributed by atoms with Gasteiger partial charge in [-0.25, -0.2) is 0 Å². The van der Waals surface area contributed by atoms with Crippen molar-refractivity contribution in [3.05, 3.63) is 188 Å². The zero-order valence-corrected chi connectivity index (χ0v) is 28.3. The van der Waals surface area contributed by atoms with E-state index in [0.717, 1.165) is 11.3 Å². The van der Waals surface area contributed by atoms with Gasteiger partial charge >= 0.3 is 0 Å². The second-order valence-electron chi connectivity index (χ2n) is 13.5. The maximum Gasteiger partial charge on any atom is 0.0701 e. The molecule has 0 aliphatic carbocycles. The molecule has 0 bridgehead atoms. The Bertz CT molecular complexity index is 2960. The van der Waals surface area contributed by atoms with Crippen LogP contribution in [0.2, 0.25) is 0 Å². The molecular weight excluding hydrogens is 615 g/mol. The van der Waals surface area contributed by atoms with Gasteiger partial charge in [0.1, 0.15) is 0 Å². The Morgan fingerprint density at radius 2 is 0.902 bits per heavy atom. The summed E-state index contributed by atoms with van der Waals surface area (Å²) in [5.74, 6) is 0. The van der Waals surface area contributed by atoms with Crippen molar-refractivity contribution in [3.63, 3.8) is 0 Å². The Hall–Kier alpha value is -6.57. The SMILES string of the molecule is Cc1cccc2ccc3cccc(-c4cccc5ccc6cc(-c7ccc(-c8ccc(-c9ccccn9)cc8)c8ccccc78)ccc6c45)c3c12. The van der Waals surface area contributed by atoms with Gasteiger partial charge in [-0.05, 0) is 118 Å². The van der Waals surface area contributed by atoms with E-state index in [-0.39, 0.29) is 0 Å². The average Bonchev–Trinajstić information content (AvgIpc) is 3.20. The van der Waals surface area contributed by atoms with Crippen molar-refractivity contribution in [2.45, 2.75) is 6.92 Å². The van der Waals surface area contributed by atoms with Crippen LogP contribution in [0.4, 0.5) is 0 Å². The predicted molar refractivity (Wildman–Crippen MR) is 218 cm³/mol. The molecule has 0 saturated carbocycles. The predicted octanol–water partition coefficient (Wildman–Crippen LogP) is 13.8. The lowest BCUT2D eigenvalue weighted by Crippen LogP contribution is -1.89. The fourth-order valence-corrected chi connectivity index (χ4v) is 8.23. The van der Waals surface area contributed by atoms with Crippen LogP contribution in [-0.4, -0.2) is 4.98 Å². The van der Waals surface area contributed by atoms with Crippen LogP contribution in [0.5, 0.6) is 0 Å². The molecule has 0 aliphatic rings. The molecule has 1 aromatic heterocycles.